The lowest BCUT2D eigenvalue weighted by molar-refractivity contribution is 0.0995. The molecule has 0 aliphatic heterocycles. The Labute approximate surface area is 81.7 Å². The molecular weight excluding hydrogens is 236 g/mol. The van der Waals surface area contributed by atoms with Crippen LogP contribution in [0.5, 0.6) is 0 Å². The van der Waals surface area contributed by atoms with Gasteiger partial charge < -0.3 is 5.73 Å². The van der Waals surface area contributed by atoms with Gasteiger partial charge in [-0.15, -0.1) is 0 Å². The number of aromatic nitrogens is 3. The van der Waals surface area contributed by atoms with Crippen molar-refractivity contribution in [3.63, 3.8) is 0 Å². The maximum absolute atomic E-state index is 10.9. The second-order valence-corrected chi connectivity index (χ2v) is 3.16. The molecule has 2 aromatic rings. The topological polar surface area (TPSA) is 73.3 Å². The smallest absolute Gasteiger partial charge is 0.270 e. The highest BCUT2D eigenvalue weighted by Crippen LogP contribution is 2.16. The summed E-state index contributed by atoms with van der Waals surface area (Å²) in [6.45, 7) is 0. The van der Waals surface area contributed by atoms with Gasteiger partial charge in [-0.05, 0) is 22.0 Å². The molecule has 0 radical (unpaired) electrons. The molecule has 0 atom stereocenters. The van der Waals surface area contributed by atoms with Gasteiger partial charge in [0.05, 0.1) is 0 Å². The Morgan fingerprint density at radius 3 is 3.00 bits per heavy atom. The molecule has 0 aliphatic carbocycles. The van der Waals surface area contributed by atoms with Crippen LogP contribution in [0.25, 0.3) is 5.78 Å². The molecule has 2 N–H and O–H groups in total. The van der Waals surface area contributed by atoms with Gasteiger partial charge in [-0.1, -0.05) is 0 Å². The van der Waals surface area contributed by atoms with Crippen molar-refractivity contribution >= 4 is 27.6 Å². The molecule has 13 heavy (non-hydrogen) atoms. The van der Waals surface area contributed by atoms with Crippen molar-refractivity contribution in [1.82, 2.24) is 14.4 Å². The second kappa shape index (κ2) is 2.81. The normalized spacial score (nSPS) is 10.5. The van der Waals surface area contributed by atoms with E-state index in [1.807, 2.05) is 0 Å². The fourth-order valence-electron chi connectivity index (χ4n) is 1.02. The molecule has 0 saturated heterocycles. The minimum absolute atomic E-state index is 0.193. The number of hydrogen-bond donors (Lipinski definition) is 1. The van der Waals surface area contributed by atoms with Crippen LogP contribution in [0.3, 0.4) is 0 Å². The van der Waals surface area contributed by atoms with Crippen LogP contribution in [0.4, 0.5) is 0 Å². The van der Waals surface area contributed by atoms with Crippen molar-refractivity contribution in [2.45, 2.75) is 0 Å². The Kier molecular flexibility index (Phi) is 1.77. The first kappa shape index (κ1) is 8.18. The highest BCUT2D eigenvalue weighted by atomic mass is 79.9. The van der Waals surface area contributed by atoms with Gasteiger partial charge in [0, 0.05) is 12.4 Å². The molecule has 0 unspecified atom stereocenters. The van der Waals surface area contributed by atoms with E-state index in [0.29, 0.717) is 10.4 Å². The SMILES string of the molecule is NC(=O)c1nc2ncccn2c1Br. The molecule has 0 spiro atoms. The Morgan fingerprint density at radius 1 is 1.62 bits per heavy atom. The van der Waals surface area contributed by atoms with Crippen molar-refractivity contribution in [3.8, 4) is 0 Å². The molecule has 5 nitrogen and oxygen atoms in total. The summed E-state index contributed by atoms with van der Waals surface area (Å²) in [5.74, 6) is -0.124. The van der Waals surface area contributed by atoms with Crippen molar-refractivity contribution in [1.29, 1.82) is 0 Å². The van der Waals surface area contributed by atoms with Gasteiger partial charge in [0.15, 0.2) is 5.69 Å². The zero-order valence-corrected chi connectivity index (χ0v) is 8.02. The lowest BCUT2D eigenvalue weighted by Gasteiger charge is -1.91. The molecule has 0 bridgehead atoms. The number of halogens is 1. The summed E-state index contributed by atoms with van der Waals surface area (Å²) in [7, 11) is 0. The van der Waals surface area contributed by atoms with Gasteiger partial charge in [-0.2, -0.15) is 0 Å². The third-order valence-corrected chi connectivity index (χ3v) is 2.34. The number of nitrogens with zero attached hydrogens (tertiary/aromatic N) is 3. The van der Waals surface area contributed by atoms with Crippen LogP contribution in [0.2, 0.25) is 0 Å². The number of fused-ring (bicyclic) bond motifs is 1. The third-order valence-electron chi connectivity index (χ3n) is 1.58. The van der Waals surface area contributed by atoms with E-state index in [4.69, 9.17) is 5.73 Å². The summed E-state index contributed by atoms with van der Waals surface area (Å²) in [5, 5.41) is 0. The summed E-state index contributed by atoms with van der Waals surface area (Å²) >= 11 is 3.21. The fraction of sp³-hybridized carbons (Fsp3) is 0. The minimum atomic E-state index is -0.572. The largest absolute Gasteiger partial charge is 0.364 e. The Balaban J connectivity index is 2.81. The highest BCUT2D eigenvalue weighted by molar-refractivity contribution is 9.10. The molecule has 0 saturated carbocycles. The van der Waals surface area contributed by atoms with Crippen LogP contribution in [-0.4, -0.2) is 20.3 Å². The van der Waals surface area contributed by atoms with Gasteiger partial charge >= 0.3 is 0 Å². The summed E-state index contributed by atoms with van der Waals surface area (Å²) < 4.78 is 2.17. The van der Waals surface area contributed by atoms with Crippen LogP contribution in [0.1, 0.15) is 10.5 Å². The number of carbonyl (C=O) groups is 1. The second-order valence-electron chi connectivity index (χ2n) is 2.41. The summed E-state index contributed by atoms with van der Waals surface area (Å²) in [5.41, 5.74) is 5.30. The summed E-state index contributed by atoms with van der Waals surface area (Å²) in [4.78, 5) is 18.8. The number of primary amides is 1. The molecule has 2 heterocycles. The Bertz CT molecular complexity index is 478. The number of amides is 1. The number of rotatable bonds is 1. The van der Waals surface area contributed by atoms with Crippen LogP contribution >= 0.6 is 15.9 Å². The standard InChI is InChI=1S/C7H5BrN4O/c8-5-4(6(9)13)11-7-10-2-1-3-12(5)7/h1-3H,(H2,9,13). The first-order valence-corrected chi connectivity index (χ1v) is 4.28. The zero-order chi connectivity index (χ0) is 9.42. The molecular formula is C7H5BrN4O. The molecule has 2 aromatic heterocycles. The predicted octanol–water partition coefficient (Wildman–Crippen LogP) is 0.591. The Hall–Kier alpha value is -1.43. The molecule has 0 aliphatic rings. The van der Waals surface area contributed by atoms with E-state index in [1.165, 1.54) is 0 Å². The van der Waals surface area contributed by atoms with Gasteiger partial charge in [-0.25, -0.2) is 9.97 Å². The van der Waals surface area contributed by atoms with E-state index < -0.39 is 5.91 Å². The van der Waals surface area contributed by atoms with Gasteiger partial charge in [0.1, 0.15) is 4.60 Å². The zero-order valence-electron chi connectivity index (χ0n) is 6.44. The maximum atomic E-state index is 10.9. The molecule has 0 aromatic carbocycles. The van der Waals surface area contributed by atoms with E-state index in [-0.39, 0.29) is 5.69 Å². The first-order chi connectivity index (χ1) is 6.20. The van der Waals surface area contributed by atoms with E-state index in [9.17, 15) is 4.79 Å². The van der Waals surface area contributed by atoms with E-state index >= 15 is 0 Å². The molecule has 6 heteroatoms. The number of nitrogens with two attached hydrogens (primary N) is 1. The Morgan fingerprint density at radius 2 is 2.38 bits per heavy atom. The van der Waals surface area contributed by atoms with Crippen molar-refractivity contribution in [2.75, 3.05) is 0 Å². The van der Waals surface area contributed by atoms with Gasteiger partial charge in [-0.3, -0.25) is 9.20 Å². The average Bonchev–Trinajstić information content (AvgIpc) is 2.45. The van der Waals surface area contributed by atoms with Crippen LogP contribution in [0.15, 0.2) is 23.1 Å². The molecule has 2 rings (SSSR count). The summed E-state index contributed by atoms with van der Waals surface area (Å²) in [6, 6.07) is 1.74. The van der Waals surface area contributed by atoms with Crippen LogP contribution in [-0.2, 0) is 0 Å². The number of imidazole rings is 1. The van der Waals surface area contributed by atoms with Crippen LogP contribution in [0, 0.1) is 0 Å². The van der Waals surface area contributed by atoms with Gasteiger partial charge in [0.25, 0.3) is 5.91 Å². The number of carbonyl (C=O) groups excluding carboxylic acids is 1. The minimum Gasteiger partial charge on any atom is -0.364 e. The predicted molar refractivity (Wildman–Crippen MR) is 49.2 cm³/mol. The molecule has 66 valence electrons. The maximum Gasteiger partial charge on any atom is 0.270 e. The monoisotopic (exact) mass is 240 g/mol. The van der Waals surface area contributed by atoms with E-state index in [1.54, 1.807) is 22.9 Å². The average molecular weight is 241 g/mol. The van der Waals surface area contributed by atoms with E-state index in [2.05, 4.69) is 25.9 Å². The van der Waals surface area contributed by atoms with Crippen LogP contribution < -0.4 is 5.73 Å². The molecule has 0 fully saturated rings. The lowest BCUT2D eigenvalue weighted by Crippen LogP contribution is -2.11. The number of hydrogen-bond acceptors (Lipinski definition) is 3. The lowest BCUT2D eigenvalue weighted by atomic mass is 10.5. The quantitative estimate of drug-likeness (QED) is 0.793. The van der Waals surface area contributed by atoms with Gasteiger partial charge in [0.2, 0.25) is 5.78 Å². The molecule has 1 amide bonds. The van der Waals surface area contributed by atoms with Crippen molar-refractivity contribution < 1.29 is 4.79 Å². The van der Waals surface area contributed by atoms with Crippen molar-refractivity contribution in [2.24, 2.45) is 5.73 Å². The third kappa shape index (κ3) is 1.19. The summed E-state index contributed by atoms with van der Waals surface area (Å²) in [6.07, 6.45) is 3.34. The van der Waals surface area contributed by atoms with E-state index in [0.717, 1.165) is 0 Å². The highest BCUT2D eigenvalue weighted by Gasteiger charge is 2.13. The first-order valence-electron chi connectivity index (χ1n) is 3.48. The van der Waals surface area contributed by atoms with Crippen molar-refractivity contribution in [3.05, 3.63) is 28.8 Å². The fourth-order valence-corrected chi connectivity index (χ4v) is 1.58.